The van der Waals surface area contributed by atoms with Gasteiger partial charge in [0, 0.05) is 0 Å². The van der Waals surface area contributed by atoms with Gasteiger partial charge in [0.15, 0.2) is 0 Å². The Labute approximate surface area is 63.5 Å². The van der Waals surface area contributed by atoms with Crippen LogP contribution < -0.4 is 5.32 Å². The summed E-state index contributed by atoms with van der Waals surface area (Å²) >= 11 is 0. The van der Waals surface area contributed by atoms with Gasteiger partial charge in [0.1, 0.15) is 0 Å². The van der Waals surface area contributed by atoms with E-state index in [0.717, 1.165) is 5.92 Å². The highest BCUT2D eigenvalue weighted by Crippen LogP contribution is 2.20. The summed E-state index contributed by atoms with van der Waals surface area (Å²) in [5.41, 5.74) is 0. The maximum absolute atomic E-state index is 3.19. The van der Waals surface area contributed by atoms with E-state index in [2.05, 4.69) is 17.5 Å². The van der Waals surface area contributed by atoms with E-state index >= 15 is 0 Å². The van der Waals surface area contributed by atoms with Crippen molar-refractivity contribution in [1.29, 1.82) is 0 Å². The third kappa shape index (κ3) is 2.53. The molecule has 0 saturated heterocycles. The Morgan fingerprint density at radius 1 is 1.50 bits per heavy atom. The topological polar surface area (TPSA) is 12.0 Å². The van der Waals surface area contributed by atoms with E-state index in [1.807, 2.05) is 7.05 Å². The average Bonchev–Trinajstić information content (AvgIpc) is 2.03. The molecular weight excluding hydrogens is 122 g/mol. The molecule has 0 saturated carbocycles. The molecule has 58 valence electrons. The molecule has 0 fully saturated rings. The summed E-state index contributed by atoms with van der Waals surface area (Å²) in [6.45, 7) is 1.18. The van der Waals surface area contributed by atoms with Crippen LogP contribution in [-0.4, -0.2) is 13.6 Å². The summed E-state index contributed by atoms with van der Waals surface area (Å²) < 4.78 is 0. The lowest BCUT2D eigenvalue weighted by atomic mass is 9.92. The van der Waals surface area contributed by atoms with Crippen LogP contribution in [0.25, 0.3) is 0 Å². The summed E-state index contributed by atoms with van der Waals surface area (Å²) in [5, 5.41) is 3.19. The second-order valence-corrected chi connectivity index (χ2v) is 3.04. The highest BCUT2D eigenvalue weighted by Gasteiger charge is 2.07. The summed E-state index contributed by atoms with van der Waals surface area (Å²) in [6.07, 6.45) is 9.98. The van der Waals surface area contributed by atoms with Crippen LogP contribution in [0.1, 0.15) is 25.7 Å². The van der Waals surface area contributed by atoms with Crippen LogP contribution in [0.2, 0.25) is 0 Å². The second-order valence-electron chi connectivity index (χ2n) is 3.04. The minimum Gasteiger partial charge on any atom is -0.320 e. The van der Waals surface area contributed by atoms with Gasteiger partial charge in [-0.3, -0.25) is 0 Å². The average molecular weight is 139 g/mol. The van der Waals surface area contributed by atoms with Crippen LogP contribution in [0.5, 0.6) is 0 Å². The first-order chi connectivity index (χ1) is 4.93. The summed E-state index contributed by atoms with van der Waals surface area (Å²) in [6, 6.07) is 0. The molecule has 0 aliphatic heterocycles. The maximum atomic E-state index is 3.19. The molecule has 1 N–H and O–H groups in total. The van der Waals surface area contributed by atoms with Gasteiger partial charge in [0.2, 0.25) is 0 Å². The minimum absolute atomic E-state index is 0.956. The van der Waals surface area contributed by atoms with E-state index in [1.165, 1.54) is 32.2 Å². The fourth-order valence-electron chi connectivity index (χ4n) is 1.47. The molecule has 0 radical (unpaired) electrons. The Kier molecular flexibility index (Phi) is 3.52. The molecule has 0 aromatic heterocycles. The Bertz CT molecular complexity index is 107. The van der Waals surface area contributed by atoms with E-state index in [0.29, 0.717) is 0 Å². The van der Waals surface area contributed by atoms with Crippen molar-refractivity contribution in [1.82, 2.24) is 5.32 Å². The van der Waals surface area contributed by atoms with E-state index < -0.39 is 0 Å². The third-order valence-corrected chi connectivity index (χ3v) is 2.18. The van der Waals surface area contributed by atoms with Crippen molar-refractivity contribution >= 4 is 0 Å². The summed E-state index contributed by atoms with van der Waals surface area (Å²) in [5.74, 6) is 0.956. The molecule has 0 bridgehead atoms. The lowest BCUT2D eigenvalue weighted by molar-refractivity contribution is 0.438. The van der Waals surface area contributed by atoms with Crippen LogP contribution in [0.4, 0.5) is 0 Å². The van der Waals surface area contributed by atoms with Crippen LogP contribution in [0, 0.1) is 5.92 Å². The predicted molar refractivity (Wildman–Crippen MR) is 45.0 cm³/mol. The molecule has 0 heterocycles. The summed E-state index contributed by atoms with van der Waals surface area (Å²) in [7, 11) is 2.03. The normalized spacial score (nSPS) is 25.1. The first kappa shape index (κ1) is 7.80. The van der Waals surface area contributed by atoms with Crippen molar-refractivity contribution in [3.8, 4) is 0 Å². The number of hydrogen-bond donors (Lipinski definition) is 1. The van der Waals surface area contributed by atoms with Gasteiger partial charge in [-0.1, -0.05) is 12.2 Å². The Hall–Kier alpha value is -0.300. The van der Waals surface area contributed by atoms with Gasteiger partial charge in [-0.25, -0.2) is 0 Å². The second kappa shape index (κ2) is 4.51. The van der Waals surface area contributed by atoms with Gasteiger partial charge in [0.25, 0.3) is 0 Å². The molecule has 0 amide bonds. The van der Waals surface area contributed by atoms with Crippen LogP contribution >= 0.6 is 0 Å². The standard InChI is InChI=1S/C9H17N/c1-10-8-7-9-5-3-2-4-6-9/h2-3,9-10H,4-8H2,1H3/t9-/m0/s1. The molecule has 1 atom stereocenters. The largest absolute Gasteiger partial charge is 0.320 e. The van der Waals surface area contributed by atoms with Crippen molar-refractivity contribution in [2.24, 2.45) is 5.92 Å². The Morgan fingerprint density at radius 2 is 2.40 bits per heavy atom. The van der Waals surface area contributed by atoms with Crippen LogP contribution in [0.15, 0.2) is 12.2 Å². The Balaban J connectivity index is 2.10. The van der Waals surface area contributed by atoms with E-state index in [1.54, 1.807) is 0 Å². The molecule has 0 aromatic carbocycles. The molecule has 0 unspecified atom stereocenters. The highest BCUT2D eigenvalue weighted by molar-refractivity contribution is 4.89. The highest BCUT2D eigenvalue weighted by atomic mass is 14.8. The first-order valence-corrected chi connectivity index (χ1v) is 4.23. The lowest BCUT2D eigenvalue weighted by Gasteiger charge is -2.16. The zero-order valence-corrected chi connectivity index (χ0v) is 6.77. The number of hydrogen-bond acceptors (Lipinski definition) is 1. The molecular formula is C9H17N. The molecule has 0 aromatic rings. The summed E-state index contributed by atoms with van der Waals surface area (Å²) in [4.78, 5) is 0. The maximum Gasteiger partial charge on any atom is -0.00492 e. The quantitative estimate of drug-likeness (QED) is 0.589. The van der Waals surface area contributed by atoms with E-state index in [4.69, 9.17) is 0 Å². The first-order valence-electron chi connectivity index (χ1n) is 4.23. The molecule has 1 aliphatic carbocycles. The van der Waals surface area contributed by atoms with Crippen molar-refractivity contribution in [3.63, 3.8) is 0 Å². The van der Waals surface area contributed by atoms with Crippen molar-refractivity contribution in [2.45, 2.75) is 25.7 Å². The monoisotopic (exact) mass is 139 g/mol. The van der Waals surface area contributed by atoms with Crippen LogP contribution in [0.3, 0.4) is 0 Å². The van der Waals surface area contributed by atoms with Gasteiger partial charge in [-0.05, 0) is 45.2 Å². The van der Waals surface area contributed by atoms with Crippen molar-refractivity contribution in [3.05, 3.63) is 12.2 Å². The number of allylic oxidation sites excluding steroid dienone is 2. The molecule has 1 nitrogen and oxygen atoms in total. The van der Waals surface area contributed by atoms with Crippen LogP contribution in [-0.2, 0) is 0 Å². The zero-order valence-electron chi connectivity index (χ0n) is 6.77. The lowest BCUT2D eigenvalue weighted by Crippen LogP contribution is -2.13. The van der Waals surface area contributed by atoms with E-state index in [-0.39, 0.29) is 0 Å². The SMILES string of the molecule is CNCC[C@H]1CC=CCC1. The fraction of sp³-hybridized carbons (Fsp3) is 0.778. The zero-order chi connectivity index (χ0) is 7.23. The molecule has 1 aliphatic rings. The smallest absolute Gasteiger partial charge is 0.00492 e. The predicted octanol–water partition coefficient (Wildman–Crippen LogP) is 1.95. The van der Waals surface area contributed by atoms with Gasteiger partial charge in [0.05, 0.1) is 0 Å². The number of rotatable bonds is 3. The van der Waals surface area contributed by atoms with Gasteiger partial charge >= 0.3 is 0 Å². The third-order valence-electron chi connectivity index (χ3n) is 2.18. The molecule has 1 rings (SSSR count). The number of nitrogens with one attached hydrogen (secondary N) is 1. The minimum atomic E-state index is 0.956. The van der Waals surface area contributed by atoms with Gasteiger partial charge < -0.3 is 5.32 Å². The van der Waals surface area contributed by atoms with E-state index in [9.17, 15) is 0 Å². The fourth-order valence-corrected chi connectivity index (χ4v) is 1.47. The van der Waals surface area contributed by atoms with Crippen molar-refractivity contribution in [2.75, 3.05) is 13.6 Å². The molecule has 0 spiro atoms. The van der Waals surface area contributed by atoms with Gasteiger partial charge in [-0.2, -0.15) is 0 Å². The molecule has 1 heteroatoms. The van der Waals surface area contributed by atoms with Gasteiger partial charge in [-0.15, -0.1) is 0 Å². The van der Waals surface area contributed by atoms with Crippen molar-refractivity contribution < 1.29 is 0 Å². The molecule has 10 heavy (non-hydrogen) atoms. The Morgan fingerprint density at radius 3 is 3.00 bits per heavy atom.